The maximum Gasteiger partial charge on any atom is 0.217 e. The number of likely N-dealkylation sites (tertiary alicyclic amines) is 1. The minimum atomic E-state index is -0.320. The maximum atomic E-state index is 12.8. The highest BCUT2D eigenvalue weighted by molar-refractivity contribution is 6.01. The lowest BCUT2D eigenvalue weighted by Gasteiger charge is -2.40. The fourth-order valence-corrected chi connectivity index (χ4v) is 3.25. The van der Waals surface area contributed by atoms with Gasteiger partial charge < -0.3 is 4.74 Å². The summed E-state index contributed by atoms with van der Waals surface area (Å²) >= 11 is 0. The Morgan fingerprint density at radius 2 is 1.94 bits per heavy atom. The molecule has 2 aliphatic heterocycles. The Morgan fingerprint density at radius 1 is 1.28 bits per heavy atom. The van der Waals surface area contributed by atoms with Gasteiger partial charge in [-0.1, -0.05) is 13.8 Å². The van der Waals surface area contributed by atoms with Gasteiger partial charge in [0.1, 0.15) is 0 Å². The Labute approximate surface area is 110 Å². The summed E-state index contributed by atoms with van der Waals surface area (Å²) < 4.78 is 5.59. The van der Waals surface area contributed by atoms with Gasteiger partial charge in [-0.25, -0.2) is 0 Å². The van der Waals surface area contributed by atoms with Gasteiger partial charge in [0.2, 0.25) is 5.78 Å². The lowest BCUT2D eigenvalue weighted by Crippen LogP contribution is -2.53. The van der Waals surface area contributed by atoms with E-state index in [4.69, 9.17) is 4.74 Å². The number of ether oxygens (including phenoxy) is 1. The van der Waals surface area contributed by atoms with Crippen molar-refractivity contribution in [3.05, 3.63) is 11.8 Å². The van der Waals surface area contributed by atoms with Crippen LogP contribution in [0.3, 0.4) is 0 Å². The highest BCUT2D eigenvalue weighted by Gasteiger charge is 2.43. The van der Waals surface area contributed by atoms with Crippen molar-refractivity contribution in [2.24, 2.45) is 0 Å². The molecule has 0 N–H and O–H groups in total. The Bertz CT molecular complexity index is 325. The molecule has 1 saturated heterocycles. The monoisotopic (exact) mass is 251 g/mol. The van der Waals surface area contributed by atoms with Crippen molar-refractivity contribution in [3.63, 3.8) is 0 Å². The first-order valence-electron chi connectivity index (χ1n) is 7.37. The van der Waals surface area contributed by atoms with E-state index >= 15 is 0 Å². The van der Waals surface area contributed by atoms with Crippen LogP contribution >= 0.6 is 0 Å². The molecule has 0 aromatic rings. The Hall–Kier alpha value is -0.830. The third-order valence-electron chi connectivity index (χ3n) is 4.46. The molecule has 0 bridgehead atoms. The molecular formula is C15H25NO2. The number of carbonyl (C=O) groups excluding carboxylic acids is 1. The quantitative estimate of drug-likeness (QED) is 0.752. The molecule has 2 aliphatic rings. The van der Waals surface area contributed by atoms with Crippen LogP contribution in [-0.2, 0) is 9.53 Å². The molecule has 0 aliphatic carbocycles. The number of hydrogen-bond donors (Lipinski definition) is 0. The van der Waals surface area contributed by atoms with Crippen molar-refractivity contribution in [1.82, 2.24) is 4.90 Å². The van der Waals surface area contributed by atoms with Gasteiger partial charge in [0.25, 0.3) is 0 Å². The van der Waals surface area contributed by atoms with Crippen LogP contribution in [0.15, 0.2) is 11.8 Å². The van der Waals surface area contributed by atoms with Crippen molar-refractivity contribution in [2.45, 2.75) is 57.9 Å². The number of Topliss-reactive ketones (excluding diaryl/α,β-unsaturated/α-hetero) is 1. The van der Waals surface area contributed by atoms with E-state index in [1.165, 1.54) is 12.8 Å². The van der Waals surface area contributed by atoms with Crippen LogP contribution in [0.4, 0.5) is 0 Å². The van der Waals surface area contributed by atoms with Gasteiger partial charge in [-0.15, -0.1) is 0 Å². The predicted octanol–water partition coefficient (Wildman–Crippen LogP) is 2.90. The molecule has 18 heavy (non-hydrogen) atoms. The topological polar surface area (TPSA) is 29.5 Å². The minimum Gasteiger partial charge on any atom is -0.490 e. The van der Waals surface area contributed by atoms with Crippen LogP contribution in [0, 0.1) is 0 Å². The SMILES string of the molecule is CCC(CC)(C(=O)C1=CCCCO1)N1CCCC1. The van der Waals surface area contributed by atoms with E-state index in [0.717, 1.165) is 38.8 Å². The molecule has 0 aromatic heterocycles. The van der Waals surface area contributed by atoms with Crippen LogP contribution < -0.4 is 0 Å². The second kappa shape index (κ2) is 5.87. The summed E-state index contributed by atoms with van der Waals surface area (Å²) in [6.07, 6.45) is 8.19. The third kappa shape index (κ3) is 2.33. The van der Waals surface area contributed by atoms with Gasteiger partial charge >= 0.3 is 0 Å². The Kier molecular flexibility index (Phi) is 4.44. The van der Waals surface area contributed by atoms with E-state index in [2.05, 4.69) is 18.7 Å². The molecule has 3 nitrogen and oxygen atoms in total. The van der Waals surface area contributed by atoms with Gasteiger partial charge in [-0.2, -0.15) is 0 Å². The molecule has 102 valence electrons. The number of ketones is 1. The number of nitrogens with zero attached hydrogens (tertiary/aromatic N) is 1. The molecule has 2 heterocycles. The molecule has 0 unspecified atom stereocenters. The summed E-state index contributed by atoms with van der Waals surface area (Å²) in [6.45, 7) is 7.06. The predicted molar refractivity (Wildman–Crippen MR) is 72.4 cm³/mol. The van der Waals surface area contributed by atoms with E-state index in [-0.39, 0.29) is 11.3 Å². The second-order valence-electron chi connectivity index (χ2n) is 5.32. The van der Waals surface area contributed by atoms with E-state index in [9.17, 15) is 4.79 Å². The molecule has 0 saturated carbocycles. The second-order valence-corrected chi connectivity index (χ2v) is 5.32. The van der Waals surface area contributed by atoms with E-state index in [1.807, 2.05) is 6.08 Å². The first-order valence-corrected chi connectivity index (χ1v) is 7.37. The van der Waals surface area contributed by atoms with Crippen molar-refractivity contribution < 1.29 is 9.53 Å². The molecule has 0 radical (unpaired) electrons. The summed E-state index contributed by atoms with van der Waals surface area (Å²) in [5, 5.41) is 0. The number of rotatable bonds is 5. The average Bonchev–Trinajstić information content (AvgIpc) is 2.96. The molecule has 2 rings (SSSR count). The number of carbonyl (C=O) groups is 1. The summed E-state index contributed by atoms with van der Waals surface area (Å²) in [4.78, 5) is 15.2. The molecular weight excluding hydrogens is 226 g/mol. The summed E-state index contributed by atoms with van der Waals surface area (Å²) in [5.41, 5.74) is -0.320. The molecule has 3 heteroatoms. The zero-order chi connectivity index (χ0) is 13.0. The molecule has 0 amide bonds. The summed E-state index contributed by atoms with van der Waals surface area (Å²) in [6, 6.07) is 0. The van der Waals surface area contributed by atoms with Crippen LogP contribution in [-0.4, -0.2) is 35.9 Å². The van der Waals surface area contributed by atoms with Crippen LogP contribution in [0.2, 0.25) is 0 Å². The Morgan fingerprint density at radius 3 is 2.44 bits per heavy atom. The standard InChI is InChI=1S/C15H25NO2/c1-3-15(4-2,16-10-6-7-11-16)14(17)13-9-5-8-12-18-13/h9H,3-8,10-12H2,1-2H3. The fourth-order valence-electron chi connectivity index (χ4n) is 3.25. The third-order valence-corrected chi connectivity index (χ3v) is 4.46. The molecule has 0 spiro atoms. The van der Waals surface area contributed by atoms with Crippen molar-refractivity contribution in [2.75, 3.05) is 19.7 Å². The average molecular weight is 251 g/mol. The van der Waals surface area contributed by atoms with Gasteiger partial charge in [0.05, 0.1) is 12.1 Å². The van der Waals surface area contributed by atoms with Crippen LogP contribution in [0.25, 0.3) is 0 Å². The van der Waals surface area contributed by atoms with Gasteiger partial charge in [0, 0.05) is 0 Å². The van der Waals surface area contributed by atoms with E-state index in [1.54, 1.807) is 0 Å². The smallest absolute Gasteiger partial charge is 0.217 e. The van der Waals surface area contributed by atoms with Crippen LogP contribution in [0.1, 0.15) is 52.4 Å². The van der Waals surface area contributed by atoms with Crippen molar-refractivity contribution >= 4 is 5.78 Å². The maximum absolute atomic E-state index is 12.8. The largest absolute Gasteiger partial charge is 0.490 e. The summed E-state index contributed by atoms with van der Waals surface area (Å²) in [7, 11) is 0. The first-order chi connectivity index (χ1) is 8.74. The molecule has 1 fully saturated rings. The van der Waals surface area contributed by atoms with Crippen molar-refractivity contribution in [1.29, 1.82) is 0 Å². The number of allylic oxidation sites excluding steroid dienone is 1. The highest BCUT2D eigenvalue weighted by atomic mass is 16.5. The minimum absolute atomic E-state index is 0.217. The molecule has 0 aromatic carbocycles. The fraction of sp³-hybridized carbons (Fsp3) is 0.800. The van der Waals surface area contributed by atoms with Gasteiger partial charge in [-0.3, -0.25) is 9.69 Å². The lowest BCUT2D eigenvalue weighted by molar-refractivity contribution is -0.131. The Balaban J connectivity index is 2.22. The zero-order valence-corrected chi connectivity index (χ0v) is 11.7. The molecule has 0 atom stereocenters. The van der Waals surface area contributed by atoms with E-state index in [0.29, 0.717) is 12.4 Å². The normalized spacial score (nSPS) is 21.6. The highest BCUT2D eigenvalue weighted by Crippen LogP contribution is 2.32. The van der Waals surface area contributed by atoms with Gasteiger partial charge in [-0.05, 0) is 57.7 Å². The zero-order valence-electron chi connectivity index (χ0n) is 11.7. The van der Waals surface area contributed by atoms with Gasteiger partial charge in [0.15, 0.2) is 5.76 Å². The lowest BCUT2D eigenvalue weighted by atomic mass is 9.84. The first kappa shape index (κ1) is 13.6. The van der Waals surface area contributed by atoms with Crippen molar-refractivity contribution in [3.8, 4) is 0 Å². The van der Waals surface area contributed by atoms with E-state index < -0.39 is 0 Å². The number of hydrogen-bond acceptors (Lipinski definition) is 3. The summed E-state index contributed by atoms with van der Waals surface area (Å²) in [5.74, 6) is 0.839. The van der Waals surface area contributed by atoms with Crippen LogP contribution in [0.5, 0.6) is 0 Å².